The number of methoxy groups -OCH3 is 2. The van der Waals surface area contributed by atoms with Gasteiger partial charge in [-0.2, -0.15) is 0 Å². The molecule has 0 unspecified atom stereocenters. The summed E-state index contributed by atoms with van der Waals surface area (Å²) in [5.41, 5.74) is 1.31. The third kappa shape index (κ3) is 5.95. The molecule has 0 aliphatic carbocycles. The third-order valence-corrected chi connectivity index (χ3v) is 5.42. The summed E-state index contributed by atoms with van der Waals surface area (Å²) in [5, 5.41) is 11.1. The van der Waals surface area contributed by atoms with Crippen LogP contribution in [0, 0.1) is 0 Å². The van der Waals surface area contributed by atoms with Crippen LogP contribution in [0.2, 0.25) is 0 Å². The van der Waals surface area contributed by atoms with Crippen molar-refractivity contribution in [3.05, 3.63) is 70.3 Å². The molecule has 1 aliphatic rings. The van der Waals surface area contributed by atoms with Gasteiger partial charge in [0.1, 0.15) is 16.4 Å². The number of carbonyl (C=O) groups is 2. The van der Waals surface area contributed by atoms with Crippen LogP contribution in [0.15, 0.2) is 69.8 Å². The van der Waals surface area contributed by atoms with Gasteiger partial charge in [-0.25, -0.2) is 14.6 Å². The summed E-state index contributed by atoms with van der Waals surface area (Å²) >= 11 is 1.15. The van der Waals surface area contributed by atoms with E-state index in [0.717, 1.165) is 11.8 Å². The SMILES string of the molecule is CCOC(=O)COc1ccc(/C=C2\SC(=Nc3ccccc3)C(C(=O)OC)=C2O)cc1OC. The molecule has 0 radical (unpaired) electrons. The van der Waals surface area contributed by atoms with Crippen molar-refractivity contribution < 1.29 is 33.6 Å². The van der Waals surface area contributed by atoms with Gasteiger partial charge in [-0.15, -0.1) is 0 Å². The molecular weight excluding hydrogens is 446 g/mol. The van der Waals surface area contributed by atoms with E-state index < -0.39 is 11.9 Å². The summed E-state index contributed by atoms with van der Waals surface area (Å²) < 4.78 is 20.5. The van der Waals surface area contributed by atoms with Crippen molar-refractivity contribution in [3.63, 3.8) is 0 Å². The van der Waals surface area contributed by atoms with Crippen molar-refractivity contribution >= 4 is 40.5 Å². The highest BCUT2D eigenvalue weighted by atomic mass is 32.2. The van der Waals surface area contributed by atoms with E-state index in [1.165, 1.54) is 14.2 Å². The number of aliphatic imine (C=N–C) groups is 1. The second-order valence-corrected chi connectivity index (χ2v) is 7.61. The summed E-state index contributed by atoms with van der Waals surface area (Å²) in [6.45, 7) is 1.74. The fourth-order valence-corrected chi connectivity index (χ4v) is 3.93. The highest BCUT2D eigenvalue weighted by Crippen LogP contribution is 2.41. The molecule has 0 saturated heterocycles. The maximum atomic E-state index is 12.3. The number of hydrogen-bond acceptors (Lipinski definition) is 9. The maximum Gasteiger partial charge on any atom is 0.344 e. The van der Waals surface area contributed by atoms with Gasteiger partial charge in [0.25, 0.3) is 0 Å². The van der Waals surface area contributed by atoms with E-state index in [-0.39, 0.29) is 24.5 Å². The number of hydrogen-bond donors (Lipinski definition) is 1. The Kier molecular flexibility index (Phi) is 8.15. The van der Waals surface area contributed by atoms with Gasteiger partial charge in [0.15, 0.2) is 18.1 Å². The summed E-state index contributed by atoms with van der Waals surface area (Å²) in [6.07, 6.45) is 1.69. The monoisotopic (exact) mass is 469 g/mol. The highest BCUT2D eigenvalue weighted by molar-refractivity contribution is 8.18. The number of nitrogens with zero attached hydrogens (tertiary/aromatic N) is 1. The van der Waals surface area contributed by atoms with Crippen LogP contribution in [0.4, 0.5) is 5.69 Å². The quantitative estimate of drug-likeness (QED) is 0.566. The van der Waals surface area contributed by atoms with E-state index in [0.29, 0.717) is 32.7 Å². The van der Waals surface area contributed by atoms with E-state index in [9.17, 15) is 14.7 Å². The first-order valence-corrected chi connectivity index (χ1v) is 10.8. The van der Waals surface area contributed by atoms with Gasteiger partial charge < -0.3 is 24.1 Å². The molecule has 9 heteroatoms. The lowest BCUT2D eigenvalue weighted by Gasteiger charge is -2.11. The molecule has 1 aliphatic heterocycles. The van der Waals surface area contributed by atoms with Crippen molar-refractivity contribution in [2.75, 3.05) is 27.4 Å². The first kappa shape index (κ1) is 23.9. The fraction of sp³-hybridized carbons (Fsp3) is 0.208. The molecule has 172 valence electrons. The molecule has 1 N–H and O–H groups in total. The Morgan fingerprint density at radius 2 is 1.85 bits per heavy atom. The van der Waals surface area contributed by atoms with Crippen LogP contribution in [0.25, 0.3) is 6.08 Å². The van der Waals surface area contributed by atoms with Crippen molar-refractivity contribution in [2.45, 2.75) is 6.92 Å². The molecule has 33 heavy (non-hydrogen) atoms. The number of carbonyl (C=O) groups excluding carboxylic acids is 2. The topological polar surface area (TPSA) is 104 Å². The normalized spacial score (nSPS) is 15.6. The molecule has 0 atom stereocenters. The number of benzene rings is 2. The van der Waals surface area contributed by atoms with E-state index >= 15 is 0 Å². The van der Waals surface area contributed by atoms with Crippen molar-refractivity contribution in [1.82, 2.24) is 0 Å². The van der Waals surface area contributed by atoms with E-state index in [4.69, 9.17) is 18.9 Å². The lowest BCUT2D eigenvalue weighted by molar-refractivity contribution is -0.145. The second kappa shape index (κ2) is 11.2. The van der Waals surface area contributed by atoms with Crippen LogP contribution in [0.5, 0.6) is 11.5 Å². The fourth-order valence-electron chi connectivity index (χ4n) is 2.89. The molecule has 0 amide bonds. The predicted molar refractivity (Wildman–Crippen MR) is 126 cm³/mol. The number of esters is 2. The van der Waals surface area contributed by atoms with Crippen LogP contribution in [-0.4, -0.2) is 49.5 Å². The van der Waals surface area contributed by atoms with Gasteiger partial charge in [-0.05, 0) is 42.8 Å². The average Bonchev–Trinajstić information content (AvgIpc) is 3.12. The average molecular weight is 470 g/mol. The van der Waals surface area contributed by atoms with E-state index in [1.54, 1.807) is 43.3 Å². The number of thioether (sulfide) groups is 1. The van der Waals surface area contributed by atoms with Crippen molar-refractivity contribution in [1.29, 1.82) is 0 Å². The Balaban J connectivity index is 1.90. The highest BCUT2D eigenvalue weighted by Gasteiger charge is 2.33. The summed E-state index contributed by atoms with van der Waals surface area (Å²) in [5.74, 6) is -0.621. The Morgan fingerprint density at radius 1 is 1.09 bits per heavy atom. The third-order valence-electron chi connectivity index (χ3n) is 4.40. The minimum Gasteiger partial charge on any atom is -0.506 e. The molecular formula is C24H23NO7S. The van der Waals surface area contributed by atoms with Gasteiger partial charge in [-0.1, -0.05) is 36.0 Å². The number of para-hydroxylation sites is 1. The molecule has 3 rings (SSSR count). The minimum absolute atomic E-state index is 0.000965. The molecule has 0 spiro atoms. The first-order chi connectivity index (χ1) is 16.0. The van der Waals surface area contributed by atoms with Gasteiger partial charge in [0.2, 0.25) is 0 Å². The predicted octanol–water partition coefficient (Wildman–Crippen LogP) is 4.44. The smallest absolute Gasteiger partial charge is 0.344 e. The Bertz CT molecular complexity index is 1120. The molecule has 0 saturated carbocycles. The molecule has 0 aromatic heterocycles. The summed E-state index contributed by atoms with van der Waals surface area (Å²) in [4.78, 5) is 28.8. The standard InChI is InChI=1S/C24H23NO7S/c1-4-31-20(26)14-32-17-11-10-15(12-18(17)29-2)13-19-22(27)21(24(28)30-3)23(33-19)25-16-8-6-5-7-9-16/h5-13,27H,4,14H2,1-3H3/b19-13-,25-23?. The second-order valence-electron chi connectivity index (χ2n) is 6.58. The van der Waals surface area contributed by atoms with Crippen LogP contribution in [0.3, 0.4) is 0 Å². The Morgan fingerprint density at radius 3 is 2.52 bits per heavy atom. The maximum absolute atomic E-state index is 12.3. The number of aliphatic hydroxyl groups is 1. The molecule has 2 aromatic rings. The lowest BCUT2D eigenvalue weighted by Crippen LogP contribution is -2.14. The van der Waals surface area contributed by atoms with Gasteiger partial charge >= 0.3 is 11.9 Å². The number of aliphatic hydroxyl groups excluding tert-OH is 1. The van der Waals surface area contributed by atoms with E-state index in [2.05, 4.69) is 4.99 Å². The van der Waals surface area contributed by atoms with Crippen LogP contribution >= 0.6 is 11.8 Å². The number of rotatable bonds is 8. The Labute approximate surface area is 195 Å². The molecule has 0 fully saturated rings. The van der Waals surface area contributed by atoms with Crippen molar-refractivity contribution in [3.8, 4) is 11.5 Å². The number of ether oxygens (including phenoxy) is 4. The van der Waals surface area contributed by atoms with Crippen LogP contribution in [-0.2, 0) is 19.1 Å². The lowest BCUT2D eigenvalue weighted by atomic mass is 10.1. The zero-order valence-corrected chi connectivity index (χ0v) is 19.2. The zero-order chi connectivity index (χ0) is 23.8. The summed E-state index contributed by atoms with van der Waals surface area (Å²) in [6, 6.07) is 14.2. The largest absolute Gasteiger partial charge is 0.506 e. The minimum atomic E-state index is -0.682. The van der Waals surface area contributed by atoms with Crippen LogP contribution in [0.1, 0.15) is 12.5 Å². The molecule has 8 nitrogen and oxygen atoms in total. The van der Waals surface area contributed by atoms with Crippen molar-refractivity contribution in [2.24, 2.45) is 4.99 Å². The first-order valence-electron chi connectivity index (χ1n) is 9.98. The van der Waals surface area contributed by atoms with E-state index in [1.807, 2.05) is 18.2 Å². The molecule has 1 heterocycles. The summed E-state index contributed by atoms with van der Waals surface area (Å²) in [7, 11) is 2.72. The van der Waals surface area contributed by atoms with Crippen LogP contribution < -0.4 is 9.47 Å². The zero-order valence-electron chi connectivity index (χ0n) is 18.4. The molecule has 0 bridgehead atoms. The molecule has 2 aromatic carbocycles. The van der Waals surface area contributed by atoms with Gasteiger partial charge in [0.05, 0.1) is 31.4 Å². The van der Waals surface area contributed by atoms with Gasteiger partial charge in [-0.3, -0.25) is 0 Å². The Hall–Kier alpha value is -3.72. The van der Waals surface area contributed by atoms with Gasteiger partial charge in [0, 0.05) is 0 Å².